The molecule has 2 aromatic rings. The Bertz CT molecular complexity index is 799. The third-order valence-corrected chi connectivity index (χ3v) is 4.46. The van der Waals surface area contributed by atoms with Gasteiger partial charge in [-0.05, 0) is 35.7 Å². The molecular weight excluding hydrogens is 342 g/mol. The fourth-order valence-electron chi connectivity index (χ4n) is 3.12. The average molecular weight is 367 g/mol. The zero-order valence-corrected chi connectivity index (χ0v) is 15.6. The molecule has 0 saturated heterocycles. The Morgan fingerprint density at radius 2 is 2.00 bits per heavy atom. The Morgan fingerprint density at radius 1 is 1.19 bits per heavy atom. The number of hydrogen-bond donors (Lipinski definition) is 1. The number of benzene rings is 2. The minimum absolute atomic E-state index is 0.205. The van der Waals surface area contributed by atoms with E-state index in [0.717, 1.165) is 23.6 Å². The number of hydrogen-bond acceptors (Lipinski definition) is 5. The van der Waals surface area contributed by atoms with Crippen molar-refractivity contribution in [2.45, 2.75) is 26.1 Å². The van der Waals surface area contributed by atoms with E-state index in [1.807, 2.05) is 30.3 Å². The third-order valence-electron chi connectivity index (χ3n) is 4.46. The van der Waals surface area contributed by atoms with Gasteiger partial charge in [0.1, 0.15) is 6.61 Å². The Morgan fingerprint density at radius 3 is 2.81 bits per heavy atom. The predicted molar refractivity (Wildman–Crippen MR) is 104 cm³/mol. The van der Waals surface area contributed by atoms with Gasteiger partial charge in [0.25, 0.3) is 0 Å². The maximum absolute atomic E-state index is 10.3. The minimum Gasteiger partial charge on any atom is -0.454 e. The molecule has 0 amide bonds. The van der Waals surface area contributed by atoms with Crippen LogP contribution in [0.2, 0.25) is 0 Å². The number of terminal acetylenes is 1. The molecule has 2 aromatic carbocycles. The van der Waals surface area contributed by atoms with Crippen LogP contribution in [0.3, 0.4) is 0 Å². The predicted octanol–water partition coefficient (Wildman–Crippen LogP) is 2.74. The first-order valence-electron chi connectivity index (χ1n) is 9.00. The van der Waals surface area contributed by atoms with Crippen molar-refractivity contribution in [1.29, 1.82) is 0 Å². The van der Waals surface area contributed by atoms with Crippen LogP contribution in [-0.4, -0.2) is 42.7 Å². The van der Waals surface area contributed by atoms with Crippen molar-refractivity contribution in [3.05, 3.63) is 59.2 Å². The van der Waals surface area contributed by atoms with Crippen molar-refractivity contribution in [2.24, 2.45) is 0 Å². The molecule has 5 nitrogen and oxygen atoms in total. The van der Waals surface area contributed by atoms with Crippen LogP contribution < -0.4 is 9.47 Å². The van der Waals surface area contributed by atoms with Crippen molar-refractivity contribution < 1.29 is 19.3 Å². The molecule has 0 aromatic heterocycles. The van der Waals surface area contributed by atoms with Crippen LogP contribution in [0.25, 0.3) is 0 Å². The van der Waals surface area contributed by atoms with Crippen molar-refractivity contribution in [2.75, 3.05) is 26.6 Å². The molecule has 1 N–H and O–H groups in total. The summed E-state index contributed by atoms with van der Waals surface area (Å²) in [5.41, 5.74) is 3.56. The molecule has 5 heteroatoms. The van der Waals surface area contributed by atoms with Crippen molar-refractivity contribution >= 4 is 0 Å². The summed E-state index contributed by atoms with van der Waals surface area (Å²) in [5.74, 6) is 3.95. The van der Waals surface area contributed by atoms with Gasteiger partial charge in [0.2, 0.25) is 6.79 Å². The first-order valence-corrected chi connectivity index (χ1v) is 9.00. The van der Waals surface area contributed by atoms with Gasteiger partial charge in [0.05, 0.1) is 12.7 Å². The van der Waals surface area contributed by atoms with Gasteiger partial charge in [0, 0.05) is 19.6 Å². The molecule has 0 unspecified atom stereocenters. The van der Waals surface area contributed by atoms with E-state index < -0.39 is 6.10 Å². The van der Waals surface area contributed by atoms with E-state index in [0.29, 0.717) is 13.1 Å². The second-order valence-electron chi connectivity index (χ2n) is 6.66. The molecule has 1 aliphatic rings. The third kappa shape index (κ3) is 5.48. The molecule has 0 saturated carbocycles. The van der Waals surface area contributed by atoms with Crippen LogP contribution in [0.15, 0.2) is 42.5 Å². The lowest BCUT2D eigenvalue weighted by Crippen LogP contribution is -2.34. The van der Waals surface area contributed by atoms with E-state index in [2.05, 4.69) is 29.9 Å². The highest BCUT2D eigenvalue weighted by Gasteiger charge is 2.17. The largest absolute Gasteiger partial charge is 0.454 e. The molecule has 1 heterocycles. The van der Waals surface area contributed by atoms with Crippen LogP contribution in [0.5, 0.6) is 11.5 Å². The van der Waals surface area contributed by atoms with Gasteiger partial charge in [0.15, 0.2) is 11.5 Å². The molecule has 0 aliphatic carbocycles. The zero-order chi connectivity index (χ0) is 19.1. The summed E-state index contributed by atoms with van der Waals surface area (Å²) < 4.78 is 16.1. The standard InChI is InChI=1S/C22H25NO4/c1-3-10-25-15-20(24)14-23(13-19-7-5-4-6-17(19)2)12-18-8-9-21-22(11-18)27-16-26-21/h1,4-9,11,20,24H,10,12-16H2,2H3/t20-/m1/s1. The van der Waals surface area contributed by atoms with Gasteiger partial charge in [-0.15, -0.1) is 6.42 Å². The molecular formula is C22H25NO4. The maximum atomic E-state index is 10.3. The smallest absolute Gasteiger partial charge is 0.231 e. The first kappa shape index (κ1) is 19.2. The Kier molecular flexibility index (Phi) is 6.72. The quantitative estimate of drug-likeness (QED) is 0.546. The number of fused-ring (bicyclic) bond motifs is 1. The first-order chi connectivity index (χ1) is 13.2. The number of ether oxygens (including phenoxy) is 3. The molecule has 0 spiro atoms. The second kappa shape index (κ2) is 9.43. The lowest BCUT2D eigenvalue weighted by molar-refractivity contribution is 0.0243. The number of aliphatic hydroxyl groups excluding tert-OH is 1. The second-order valence-corrected chi connectivity index (χ2v) is 6.66. The molecule has 0 bridgehead atoms. The molecule has 142 valence electrons. The SMILES string of the molecule is C#CCOC[C@H](O)CN(Cc1ccc2c(c1)OCO2)Cc1ccccc1C. The molecule has 27 heavy (non-hydrogen) atoms. The van der Waals surface area contributed by atoms with Gasteiger partial charge < -0.3 is 19.3 Å². The van der Waals surface area contributed by atoms with Gasteiger partial charge >= 0.3 is 0 Å². The van der Waals surface area contributed by atoms with Crippen molar-refractivity contribution in [3.8, 4) is 23.8 Å². The number of aliphatic hydroxyl groups is 1. The van der Waals surface area contributed by atoms with Gasteiger partial charge in [-0.3, -0.25) is 4.90 Å². The van der Waals surface area contributed by atoms with Gasteiger partial charge in [-0.25, -0.2) is 0 Å². The Hall–Kier alpha value is -2.52. The highest BCUT2D eigenvalue weighted by atomic mass is 16.7. The summed E-state index contributed by atoms with van der Waals surface area (Å²) in [6.07, 6.45) is 4.58. The lowest BCUT2D eigenvalue weighted by Gasteiger charge is -2.26. The highest BCUT2D eigenvalue weighted by Crippen LogP contribution is 2.33. The van der Waals surface area contributed by atoms with E-state index in [1.165, 1.54) is 11.1 Å². The number of aryl methyl sites for hydroxylation is 1. The van der Waals surface area contributed by atoms with Crippen LogP contribution in [0.4, 0.5) is 0 Å². The van der Waals surface area contributed by atoms with E-state index in [9.17, 15) is 5.11 Å². The van der Waals surface area contributed by atoms with Crippen LogP contribution in [-0.2, 0) is 17.8 Å². The maximum Gasteiger partial charge on any atom is 0.231 e. The van der Waals surface area contributed by atoms with Gasteiger partial charge in [-0.2, -0.15) is 0 Å². The molecule has 1 atom stereocenters. The normalized spacial score (nSPS) is 13.6. The van der Waals surface area contributed by atoms with E-state index in [-0.39, 0.29) is 20.0 Å². The fraction of sp³-hybridized carbons (Fsp3) is 0.364. The summed E-state index contributed by atoms with van der Waals surface area (Å²) >= 11 is 0. The summed E-state index contributed by atoms with van der Waals surface area (Å²) in [7, 11) is 0. The zero-order valence-electron chi connectivity index (χ0n) is 15.6. The monoisotopic (exact) mass is 367 g/mol. The topological polar surface area (TPSA) is 51.2 Å². The molecule has 0 fully saturated rings. The Labute approximate surface area is 160 Å². The average Bonchev–Trinajstić information content (AvgIpc) is 3.11. The van der Waals surface area contributed by atoms with Crippen LogP contribution in [0, 0.1) is 19.3 Å². The minimum atomic E-state index is -0.614. The van der Waals surface area contributed by atoms with E-state index in [4.69, 9.17) is 20.6 Å². The Balaban J connectivity index is 1.70. The number of nitrogens with zero attached hydrogens (tertiary/aromatic N) is 1. The van der Waals surface area contributed by atoms with E-state index >= 15 is 0 Å². The fourth-order valence-corrected chi connectivity index (χ4v) is 3.12. The van der Waals surface area contributed by atoms with Crippen LogP contribution >= 0.6 is 0 Å². The molecule has 1 aliphatic heterocycles. The summed E-state index contributed by atoms with van der Waals surface area (Å²) in [6, 6.07) is 14.2. The van der Waals surface area contributed by atoms with Crippen molar-refractivity contribution in [3.63, 3.8) is 0 Å². The van der Waals surface area contributed by atoms with Crippen LogP contribution in [0.1, 0.15) is 16.7 Å². The lowest BCUT2D eigenvalue weighted by atomic mass is 10.1. The molecule has 0 radical (unpaired) electrons. The summed E-state index contributed by atoms with van der Waals surface area (Å²) in [4.78, 5) is 2.20. The summed E-state index contributed by atoms with van der Waals surface area (Å²) in [6.45, 7) is 4.67. The highest BCUT2D eigenvalue weighted by molar-refractivity contribution is 5.44. The summed E-state index contributed by atoms with van der Waals surface area (Å²) in [5, 5.41) is 10.3. The van der Waals surface area contributed by atoms with Gasteiger partial charge in [-0.1, -0.05) is 36.3 Å². The van der Waals surface area contributed by atoms with E-state index in [1.54, 1.807) is 0 Å². The van der Waals surface area contributed by atoms with Crippen molar-refractivity contribution in [1.82, 2.24) is 4.90 Å². The number of rotatable bonds is 9. The molecule has 3 rings (SSSR count).